The Balaban J connectivity index is 1.98. The Hall–Kier alpha value is -3.56. The molecule has 0 aliphatic carbocycles. The second kappa shape index (κ2) is 12.1. The Kier molecular flexibility index (Phi) is 9.45. The molecule has 12 heteroatoms. The van der Waals surface area contributed by atoms with E-state index in [1.54, 1.807) is 37.8 Å². The summed E-state index contributed by atoms with van der Waals surface area (Å²) in [7, 11) is 3.72. The van der Waals surface area contributed by atoms with E-state index < -0.39 is 28.8 Å². The molecule has 1 aliphatic rings. The molecule has 1 aromatic heterocycles. The van der Waals surface area contributed by atoms with E-state index in [0.717, 1.165) is 5.69 Å². The molecule has 3 rings (SSSR count). The fourth-order valence-electron chi connectivity index (χ4n) is 5.08. The van der Waals surface area contributed by atoms with Crippen molar-refractivity contribution in [2.24, 2.45) is 17.6 Å². The number of nitrogens with two attached hydrogens (primary N) is 1. The van der Waals surface area contributed by atoms with Crippen LogP contribution in [0.15, 0.2) is 24.4 Å². The number of benzene rings is 1. The van der Waals surface area contributed by atoms with Gasteiger partial charge in [0.05, 0.1) is 23.2 Å². The minimum absolute atomic E-state index is 0.0179. The highest BCUT2D eigenvalue weighted by Gasteiger charge is 2.53. The van der Waals surface area contributed by atoms with Crippen molar-refractivity contribution in [3.63, 3.8) is 0 Å². The first kappa shape index (κ1) is 32.0. The molecule has 4 unspecified atom stereocenters. The zero-order valence-electron chi connectivity index (χ0n) is 24.9. The van der Waals surface area contributed by atoms with Gasteiger partial charge >= 0.3 is 0 Å². The van der Waals surface area contributed by atoms with Crippen molar-refractivity contribution in [1.29, 1.82) is 5.26 Å². The fraction of sp³-hybridized carbons (Fsp3) is 0.586. The smallest absolute Gasteiger partial charge is 0.227 e. The summed E-state index contributed by atoms with van der Waals surface area (Å²) in [5, 5.41) is 23.1. The Labute approximate surface area is 241 Å². The maximum Gasteiger partial charge on any atom is 0.227 e. The van der Waals surface area contributed by atoms with Gasteiger partial charge in [0.15, 0.2) is 5.82 Å². The highest BCUT2D eigenvalue weighted by Crippen LogP contribution is 2.44. The summed E-state index contributed by atoms with van der Waals surface area (Å²) in [6.45, 7) is 8.06. The van der Waals surface area contributed by atoms with E-state index in [9.17, 15) is 15.2 Å². The van der Waals surface area contributed by atoms with Crippen molar-refractivity contribution in [2.45, 2.75) is 58.0 Å². The van der Waals surface area contributed by atoms with Gasteiger partial charge < -0.3 is 30.9 Å². The quantitative estimate of drug-likeness (QED) is 0.344. The number of nitrogens with one attached hydrogen (secondary N) is 1. The molecule has 4 atom stereocenters. The molecule has 2 heterocycles. The average molecular weight is 573 g/mol. The third-order valence-electron chi connectivity index (χ3n) is 7.97. The highest BCUT2D eigenvalue weighted by atomic mass is 19.2. The van der Waals surface area contributed by atoms with Crippen molar-refractivity contribution in [1.82, 2.24) is 9.97 Å². The van der Waals surface area contributed by atoms with Crippen molar-refractivity contribution in [3.05, 3.63) is 30.0 Å². The van der Waals surface area contributed by atoms with Crippen LogP contribution in [0.25, 0.3) is 0 Å². The van der Waals surface area contributed by atoms with Gasteiger partial charge in [-0.15, -0.1) is 0 Å². The Bertz CT molecular complexity index is 1270. The molecule has 1 aliphatic heterocycles. The maximum absolute atomic E-state index is 15.7. The van der Waals surface area contributed by atoms with Crippen molar-refractivity contribution in [2.75, 3.05) is 60.3 Å². The number of carbonyl (C=O) groups excluding carboxylic acids is 1. The molecule has 2 aromatic rings. The number of nitrogens with zero attached hydrogens (tertiary/aromatic N) is 6. The van der Waals surface area contributed by atoms with Crippen LogP contribution in [0.2, 0.25) is 0 Å². The summed E-state index contributed by atoms with van der Waals surface area (Å²) >= 11 is 0. The number of piperidine rings is 1. The largest absolute Gasteiger partial charge is 0.390 e. The number of nitriles is 1. The van der Waals surface area contributed by atoms with Crippen LogP contribution in [-0.4, -0.2) is 78.7 Å². The predicted molar refractivity (Wildman–Crippen MR) is 158 cm³/mol. The normalized spacial score (nSPS) is 22.4. The van der Waals surface area contributed by atoms with E-state index in [0.29, 0.717) is 24.2 Å². The molecule has 41 heavy (non-hydrogen) atoms. The first-order valence-electron chi connectivity index (χ1n) is 13.7. The summed E-state index contributed by atoms with van der Waals surface area (Å²) in [6, 6.07) is 7.47. The molecule has 1 fully saturated rings. The molecule has 10 nitrogen and oxygen atoms in total. The second-order valence-corrected chi connectivity index (χ2v) is 12.1. The lowest BCUT2D eigenvalue weighted by atomic mass is 9.70. The maximum atomic E-state index is 15.7. The van der Waals surface area contributed by atoms with Crippen LogP contribution < -0.4 is 25.8 Å². The van der Waals surface area contributed by atoms with E-state index in [2.05, 4.69) is 21.4 Å². The molecule has 1 amide bonds. The summed E-state index contributed by atoms with van der Waals surface area (Å²) in [4.78, 5) is 26.1. The molecule has 0 spiro atoms. The van der Waals surface area contributed by atoms with Crippen LogP contribution in [0.5, 0.6) is 0 Å². The van der Waals surface area contributed by atoms with Crippen LogP contribution in [-0.2, 0) is 4.79 Å². The van der Waals surface area contributed by atoms with Gasteiger partial charge in [-0.05, 0) is 52.3 Å². The first-order valence-corrected chi connectivity index (χ1v) is 13.7. The number of anilines is 5. The van der Waals surface area contributed by atoms with Gasteiger partial charge in [-0.25, -0.2) is 13.8 Å². The minimum atomic E-state index is -1.94. The molecule has 0 bridgehead atoms. The molecule has 1 aromatic carbocycles. The predicted octanol–water partition coefficient (Wildman–Crippen LogP) is 3.77. The molecule has 224 valence electrons. The van der Waals surface area contributed by atoms with Crippen molar-refractivity contribution in [3.8, 4) is 6.07 Å². The number of amides is 1. The van der Waals surface area contributed by atoms with E-state index >= 15 is 8.78 Å². The average Bonchev–Trinajstić information content (AvgIpc) is 2.89. The van der Waals surface area contributed by atoms with E-state index in [1.807, 2.05) is 25.1 Å². The molecular weight excluding hydrogens is 530 g/mol. The zero-order valence-corrected chi connectivity index (χ0v) is 24.9. The molecule has 0 radical (unpaired) electrons. The molecule has 0 saturated carbocycles. The van der Waals surface area contributed by atoms with Gasteiger partial charge in [0, 0.05) is 57.8 Å². The van der Waals surface area contributed by atoms with Crippen LogP contribution in [0.4, 0.5) is 37.6 Å². The van der Waals surface area contributed by atoms with Crippen LogP contribution >= 0.6 is 0 Å². The number of hydrogen-bond acceptors (Lipinski definition) is 9. The minimum Gasteiger partial charge on any atom is -0.390 e. The summed E-state index contributed by atoms with van der Waals surface area (Å²) < 4.78 is 31.0. The second-order valence-electron chi connectivity index (χ2n) is 12.1. The summed E-state index contributed by atoms with van der Waals surface area (Å²) in [5.41, 5.74) is 3.10. The molecule has 1 saturated heterocycles. The lowest BCUT2D eigenvalue weighted by molar-refractivity contribution is -0.107. The SMILES string of the molecule is CC1CN(c2ncc(C#N)c(Nc3ccc(N(C)C)c(N(C=O)CCC(C)(C)O)c3)n2)CC(C(C)(F)CN)C1(C)F. The Morgan fingerprint density at radius 2 is 2.00 bits per heavy atom. The number of aliphatic hydroxyl groups is 1. The third-order valence-corrected chi connectivity index (χ3v) is 7.97. The molecule has 4 N–H and O–H groups in total. The summed E-state index contributed by atoms with van der Waals surface area (Å²) in [5.74, 6) is -1.09. The van der Waals surface area contributed by atoms with Crippen molar-refractivity contribution >= 4 is 35.2 Å². The Morgan fingerprint density at radius 3 is 2.56 bits per heavy atom. The number of halogens is 2. The fourth-order valence-corrected chi connectivity index (χ4v) is 5.08. The van der Waals surface area contributed by atoms with Gasteiger partial charge in [-0.2, -0.15) is 10.2 Å². The topological polar surface area (TPSA) is 135 Å². The van der Waals surface area contributed by atoms with Gasteiger partial charge in [0.25, 0.3) is 0 Å². The van der Waals surface area contributed by atoms with Crippen LogP contribution in [0.1, 0.15) is 46.6 Å². The number of hydrogen-bond donors (Lipinski definition) is 3. The van der Waals surface area contributed by atoms with Crippen LogP contribution in [0.3, 0.4) is 0 Å². The standard InChI is InChI=1S/C29H42F2N8O2/c1-19-15-39(16-24(29(19,5)31)28(4,30)17-33)26-34-14-20(13-32)25(36-26)35-21-8-9-22(37(6)7)23(12-21)38(18-40)11-10-27(2,3)41/h8-9,12,14,18-19,24,41H,10-11,15-17,33H2,1-7H3,(H,34,35,36). The monoisotopic (exact) mass is 572 g/mol. The molecular formula is C29H42F2N8O2. The third kappa shape index (κ3) is 7.21. The van der Waals surface area contributed by atoms with Gasteiger partial charge in [-0.3, -0.25) is 4.79 Å². The number of carbonyl (C=O) groups is 1. The number of alkyl halides is 2. The van der Waals surface area contributed by atoms with E-state index in [1.165, 1.54) is 24.9 Å². The van der Waals surface area contributed by atoms with Crippen LogP contribution in [0, 0.1) is 23.2 Å². The number of rotatable bonds is 11. The first-order chi connectivity index (χ1) is 19.0. The lowest BCUT2D eigenvalue weighted by Crippen LogP contribution is -2.61. The highest BCUT2D eigenvalue weighted by molar-refractivity contribution is 5.86. The van der Waals surface area contributed by atoms with E-state index in [4.69, 9.17) is 5.73 Å². The van der Waals surface area contributed by atoms with Crippen molar-refractivity contribution < 1.29 is 18.7 Å². The Morgan fingerprint density at radius 1 is 1.32 bits per heavy atom. The number of aromatic nitrogens is 2. The van der Waals surface area contributed by atoms with E-state index in [-0.39, 0.29) is 43.5 Å². The van der Waals surface area contributed by atoms with Gasteiger partial charge in [-0.1, -0.05) is 6.92 Å². The van der Waals surface area contributed by atoms with Gasteiger partial charge in [0.2, 0.25) is 12.4 Å². The zero-order chi connectivity index (χ0) is 30.8. The van der Waals surface area contributed by atoms with Gasteiger partial charge in [0.1, 0.15) is 23.0 Å². The summed E-state index contributed by atoms with van der Waals surface area (Å²) in [6.07, 6.45) is 2.45. The lowest BCUT2D eigenvalue weighted by Gasteiger charge is -2.49.